The van der Waals surface area contributed by atoms with Crippen LogP contribution in [0.15, 0.2) is 28.7 Å². The molecule has 1 aromatic heterocycles. The third kappa shape index (κ3) is 3.44. The van der Waals surface area contributed by atoms with Crippen LogP contribution in [0.25, 0.3) is 0 Å². The minimum atomic E-state index is -0.251. The molecule has 2 aliphatic heterocycles. The third-order valence-electron chi connectivity index (χ3n) is 5.35. The van der Waals surface area contributed by atoms with Gasteiger partial charge in [-0.25, -0.2) is 0 Å². The zero-order chi connectivity index (χ0) is 19.0. The summed E-state index contributed by atoms with van der Waals surface area (Å²) < 4.78 is 11.3. The average Bonchev–Trinajstić information content (AvgIpc) is 2.99. The Labute approximate surface area is 158 Å². The van der Waals surface area contributed by atoms with E-state index in [-0.39, 0.29) is 17.9 Å². The molecule has 27 heavy (non-hydrogen) atoms. The van der Waals surface area contributed by atoms with E-state index in [0.717, 1.165) is 32.2 Å². The van der Waals surface area contributed by atoms with Gasteiger partial charge in [0.05, 0.1) is 17.7 Å². The topological polar surface area (TPSA) is 71.8 Å². The van der Waals surface area contributed by atoms with Crippen molar-refractivity contribution < 1.29 is 18.7 Å². The number of amides is 2. The van der Waals surface area contributed by atoms with E-state index in [4.69, 9.17) is 9.15 Å². The Morgan fingerprint density at radius 3 is 2.81 bits per heavy atom. The third-order valence-corrected chi connectivity index (χ3v) is 5.35. The van der Waals surface area contributed by atoms with Gasteiger partial charge in [0, 0.05) is 24.7 Å². The van der Waals surface area contributed by atoms with Crippen LogP contribution in [0.4, 0.5) is 5.69 Å². The lowest BCUT2D eigenvalue weighted by molar-refractivity contribution is 0.0548. The van der Waals surface area contributed by atoms with Crippen LogP contribution >= 0.6 is 0 Å². The molecule has 1 saturated heterocycles. The predicted molar refractivity (Wildman–Crippen MR) is 101 cm³/mol. The van der Waals surface area contributed by atoms with Gasteiger partial charge >= 0.3 is 0 Å². The van der Waals surface area contributed by atoms with E-state index in [9.17, 15) is 9.59 Å². The highest BCUT2D eigenvalue weighted by Gasteiger charge is 2.31. The van der Waals surface area contributed by atoms with Gasteiger partial charge in [0.25, 0.3) is 11.8 Å². The second-order valence-corrected chi connectivity index (χ2v) is 7.28. The van der Waals surface area contributed by atoms with Crippen LogP contribution in [-0.4, -0.2) is 35.9 Å². The number of carbonyl (C=O) groups is 2. The highest BCUT2D eigenvalue weighted by Crippen LogP contribution is 2.31. The molecule has 0 bridgehead atoms. The number of benzene rings is 1. The number of piperidine rings is 1. The Hall–Kier alpha value is -2.76. The lowest BCUT2D eigenvalue weighted by Gasteiger charge is -2.37. The second-order valence-electron chi connectivity index (χ2n) is 7.28. The molecule has 2 aromatic rings. The van der Waals surface area contributed by atoms with Gasteiger partial charge in [0.1, 0.15) is 17.3 Å². The minimum absolute atomic E-state index is 0.0131. The van der Waals surface area contributed by atoms with Gasteiger partial charge in [0.15, 0.2) is 0 Å². The van der Waals surface area contributed by atoms with Crippen molar-refractivity contribution in [3.63, 3.8) is 0 Å². The summed E-state index contributed by atoms with van der Waals surface area (Å²) in [6.45, 7) is 4.95. The van der Waals surface area contributed by atoms with Gasteiger partial charge in [-0.1, -0.05) is 0 Å². The molecule has 0 radical (unpaired) electrons. The molecule has 2 aliphatic rings. The van der Waals surface area contributed by atoms with E-state index in [2.05, 4.69) is 5.32 Å². The quantitative estimate of drug-likeness (QED) is 0.872. The van der Waals surface area contributed by atoms with Crippen molar-refractivity contribution in [2.75, 3.05) is 18.5 Å². The molecule has 2 amide bonds. The van der Waals surface area contributed by atoms with Crippen molar-refractivity contribution in [3.8, 4) is 5.75 Å². The zero-order valence-corrected chi connectivity index (χ0v) is 15.7. The number of anilines is 1. The van der Waals surface area contributed by atoms with Crippen LogP contribution in [0.3, 0.4) is 0 Å². The predicted octanol–water partition coefficient (Wildman–Crippen LogP) is 3.93. The smallest absolute Gasteiger partial charge is 0.259 e. The first-order chi connectivity index (χ1) is 13.0. The highest BCUT2D eigenvalue weighted by molar-refractivity contribution is 6.06. The number of carbonyl (C=O) groups excluding carboxylic acids is 2. The largest absolute Gasteiger partial charge is 0.493 e. The summed E-state index contributed by atoms with van der Waals surface area (Å²) in [5.74, 6) is 1.58. The first kappa shape index (κ1) is 17.6. The molecule has 6 nitrogen and oxygen atoms in total. The molecular formula is C21H24N2O4. The Morgan fingerprint density at radius 1 is 1.19 bits per heavy atom. The molecule has 0 saturated carbocycles. The molecular weight excluding hydrogens is 344 g/mol. The monoisotopic (exact) mass is 368 g/mol. The number of nitrogens with one attached hydrogen (secondary N) is 1. The highest BCUT2D eigenvalue weighted by atomic mass is 16.5. The average molecular weight is 368 g/mol. The van der Waals surface area contributed by atoms with E-state index >= 15 is 0 Å². The van der Waals surface area contributed by atoms with Gasteiger partial charge in [-0.05, 0) is 57.4 Å². The number of hydrogen-bond donors (Lipinski definition) is 1. The standard InChI is InChI=1S/C21H24N2O4/c1-13-11-17(14(2)27-13)20(24)22-15-6-7-19-18(12-15)21(25)23-9-4-3-5-16(23)8-10-26-19/h6-7,11-12,16H,3-5,8-10H2,1-2H3,(H,22,24). The van der Waals surface area contributed by atoms with Crippen LogP contribution in [-0.2, 0) is 0 Å². The first-order valence-corrected chi connectivity index (χ1v) is 9.49. The molecule has 0 spiro atoms. The molecule has 6 heteroatoms. The summed E-state index contributed by atoms with van der Waals surface area (Å²) >= 11 is 0. The van der Waals surface area contributed by atoms with E-state index in [1.807, 2.05) is 4.90 Å². The normalized spacial score (nSPS) is 19.4. The van der Waals surface area contributed by atoms with Crippen molar-refractivity contribution in [1.29, 1.82) is 0 Å². The lowest BCUT2D eigenvalue weighted by atomic mass is 9.97. The van der Waals surface area contributed by atoms with Crippen molar-refractivity contribution in [1.82, 2.24) is 4.90 Å². The van der Waals surface area contributed by atoms with Crippen LogP contribution < -0.4 is 10.1 Å². The fraction of sp³-hybridized carbons (Fsp3) is 0.429. The van der Waals surface area contributed by atoms with Crippen molar-refractivity contribution in [2.45, 2.75) is 45.6 Å². The molecule has 3 heterocycles. The van der Waals surface area contributed by atoms with Crippen LogP contribution in [0.1, 0.15) is 57.9 Å². The number of nitrogens with zero attached hydrogens (tertiary/aromatic N) is 1. The fourth-order valence-corrected chi connectivity index (χ4v) is 3.98. The van der Waals surface area contributed by atoms with Gasteiger partial charge in [-0.2, -0.15) is 0 Å². The summed E-state index contributed by atoms with van der Waals surface area (Å²) in [7, 11) is 0. The lowest BCUT2D eigenvalue weighted by Crippen LogP contribution is -2.45. The maximum Gasteiger partial charge on any atom is 0.259 e. The molecule has 142 valence electrons. The van der Waals surface area contributed by atoms with E-state index in [0.29, 0.717) is 40.7 Å². The summed E-state index contributed by atoms with van der Waals surface area (Å²) in [6, 6.07) is 7.20. The van der Waals surface area contributed by atoms with Gasteiger partial charge in [0.2, 0.25) is 0 Å². The number of hydrogen-bond acceptors (Lipinski definition) is 4. The molecule has 4 rings (SSSR count). The van der Waals surface area contributed by atoms with Crippen molar-refractivity contribution in [2.24, 2.45) is 0 Å². The molecule has 1 N–H and O–H groups in total. The molecule has 1 atom stereocenters. The molecule has 1 unspecified atom stereocenters. The van der Waals surface area contributed by atoms with Crippen molar-refractivity contribution >= 4 is 17.5 Å². The summed E-state index contributed by atoms with van der Waals surface area (Å²) in [5, 5.41) is 2.87. The van der Waals surface area contributed by atoms with E-state index in [1.165, 1.54) is 0 Å². The summed E-state index contributed by atoms with van der Waals surface area (Å²) in [5.41, 5.74) is 1.58. The Balaban J connectivity index is 1.61. The number of ether oxygens (including phenoxy) is 1. The first-order valence-electron chi connectivity index (χ1n) is 9.49. The number of rotatable bonds is 2. The summed E-state index contributed by atoms with van der Waals surface area (Å²) in [6.07, 6.45) is 4.08. The van der Waals surface area contributed by atoms with E-state index in [1.54, 1.807) is 38.1 Å². The maximum atomic E-state index is 13.1. The zero-order valence-electron chi connectivity index (χ0n) is 15.7. The van der Waals surface area contributed by atoms with Crippen LogP contribution in [0, 0.1) is 13.8 Å². The van der Waals surface area contributed by atoms with Gasteiger partial charge < -0.3 is 19.4 Å². The van der Waals surface area contributed by atoms with Crippen LogP contribution in [0.5, 0.6) is 5.75 Å². The fourth-order valence-electron chi connectivity index (χ4n) is 3.98. The number of fused-ring (bicyclic) bond motifs is 2. The maximum absolute atomic E-state index is 13.1. The molecule has 1 fully saturated rings. The van der Waals surface area contributed by atoms with Gasteiger partial charge in [-0.3, -0.25) is 9.59 Å². The minimum Gasteiger partial charge on any atom is -0.493 e. The van der Waals surface area contributed by atoms with E-state index < -0.39 is 0 Å². The van der Waals surface area contributed by atoms with Crippen LogP contribution in [0.2, 0.25) is 0 Å². The second kappa shape index (κ2) is 7.10. The van der Waals surface area contributed by atoms with Crippen molar-refractivity contribution in [3.05, 3.63) is 46.9 Å². The number of furan rings is 1. The molecule has 1 aromatic carbocycles. The van der Waals surface area contributed by atoms with Gasteiger partial charge in [-0.15, -0.1) is 0 Å². The Kier molecular flexibility index (Phi) is 4.64. The number of aryl methyl sites for hydroxylation is 2. The SMILES string of the molecule is Cc1cc(C(=O)Nc2ccc3c(c2)C(=O)N2CCCCC2CCO3)c(C)o1. The molecule has 0 aliphatic carbocycles. The Bertz CT molecular complexity index is 886. The Morgan fingerprint density at radius 2 is 2.04 bits per heavy atom. The summed E-state index contributed by atoms with van der Waals surface area (Å²) in [4.78, 5) is 27.6.